The molecule has 0 unspecified atom stereocenters. The smallest absolute Gasteiger partial charge is 0.301 e. The fourth-order valence-corrected chi connectivity index (χ4v) is 2.37. The molecule has 5 heteroatoms. The van der Waals surface area contributed by atoms with Crippen molar-refractivity contribution >= 4 is 5.78 Å². The van der Waals surface area contributed by atoms with Crippen molar-refractivity contribution in [3.63, 3.8) is 0 Å². The molecule has 0 amide bonds. The minimum absolute atomic E-state index is 0.233. The second kappa shape index (κ2) is 5.59. The van der Waals surface area contributed by atoms with Gasteiger partial charge in [0.25, 0.3) is 0 Å². The quantitative estimate of drug-likeness (QED) is 0.776. The fraction of sp³-hybridized carbons (Fsp3) is 0.923. The highest BCUT2D eigenvalue weighted by molar-refractivity contribution is 5.84. The van der Waals surface area contributed by atoms with Crippen LogP contribution in [0.25, 0.3) is 0 Å². The molecule has 0 radical (unpaired) electrons. The van der Waals surface area contributed by atoms with Crippen LogP contribution in [0.2, 0.25) is 0 Å². The first-order valence-electron chi connectivity index (χ1n) is 6.48. The van der Waals surface area contributed by atoms with Crippen LogP contribution in [0.1, 0.15) is 46.5 Å². The van der Waals surface area contributed by atoms with Crippen LogP contribution in [0.4, 0.5) is 13.2 Å². The van der Waals surface area contributed by atoms with Crippen molar-refractivity contribution in [2.75, 3.05) is 13.1 Å². The van der Waals surface area contributed by atoms with Crippen LogP contribution in [0.3, 0.4) is 0 Å². The van der Waals surface area contributed by atoms with Crippen molar-refractivity contribution in [1.29, 1.82) is 0 Å². The highest BCUT2D eigenvalue weighted by Crippen LogP contribution is 2.35. The number of Topliss-reactive ketones (excluding diaryl/α,β-unsaturated/α-hetero) is 1. The third-order valence-electron chi connectivity index (χ3n) is 3.94. The molecule has 0 aliphatic carbocycles. The van der Waals surface area contributed by atoms with E-state index < -0.39 is 18.0 Å². The number of halogens is 3. The first-order valence-corrected chi connectivity index (χ1v) is 6.48. The van der Waals surface area contributed by atoms with Gasteiger partial charge in [0, 0.05) is 17.9 Å². The molecule has 18 heavy (non-hydrogen) atoms. The molecule has 1 heterocycles. The van der Waals surface area contributed by atoms with Gasteiger partial charge in [-0.05, 0) is 39.8 Å². The Morgan fingerprint density at radius 3 is 2.17 bits per heavy atom. The number of nitrogens with zero attached hydrogens (tertiary/aromatic N) is 1. The van der Waals surface area contributed by atoms with Gasteiger partial charge in [0.15, 0.2) is 0 Å². The van der Waals surface area contributed by atoms with E-state index in [1.54, 1.807) is 0 Å². The molecule has 0 aromatic heterocycles. The van der Waals surface area contributed by atoms with Gasteiger partial charge in [-0.1, -0.05) is 6.92 Å². The number of ketones is 1. The lowest BCUT2D eigenvalue weighted by Crippen LogP contribution is -2.45. The number of hydrogen-bond acceptors (Lipinski definition) is 2. The van der Waals surface area contributed by atoms with Crippen LogP contribution in [0.15, 0.2) is 0 Å². The summed E-state index contributed by atoms with van der Waals surface area (Å²) in [4.78, 5) is 14.2. The van der Waals surface area contributed by atoms with E-state index in [2.05, 4.69) is 18.7 Å². The number of hydrogen-bond donors (Lipinski definition) is 0. The SMILES string of the molecule is CC(C)N1CCC(C)(C(=O)CCC(F)(F)F)CC1. The summed E-state index contributed by atoms with van der Waals surface area (Å²) in [7, 11) is 0. The molecule has 1 saturated heterocycles. The molecule has 0 N–H and O–H groups in total. The van der Waals surface area contributed by atoms with Gasteiger partial charge >= 0.3 is 6.18 Å². The molecular weight excluding hydrogens is 243 g/mol. The monoisotopic (exact) mass is 265 g/mol. The Kier molecular flexibility index (Phi) is 4.81. The van der Waals surface area contributed by atoms with E-state index in [0.717, 1.165) is 13.1 Å². The summed E-state index contributed by atoms with van der Waals surface area (Å²) in [6.45, 7) is 7.59. The summed E-state index contributed by atoms with van der Waals surface area (Å²) in [5.41, 5.74) is -0.559. The molecule has 0 aromatic carbocycles. The lowest BCUT2D eigenvalue weighted by molar-refractivity contribution is -0.148. The minimum atomic E-state index is -4.23. The average molecular weight is 265 g/mol. The molecule has 0 saturated carbocycles. The van der Waals surface area contributed by atoms with Crippen molar-refractivity contribution in [2.24, 2.45) is 5.41 Å². The van der Waals surface area contributed by atoms with Crippen molar-refractivity contribution in [1.82, 2.24) is 4.90 Å². The van der Waals surface area contributed by atoms with Crippen LogP contribution in [-0.2, 0) is 4.79 Å². The maximum Gasteiger partial charge on any atom is 0.389 e. The van der Waals surface area contributed by atoms with E-state index >= 15 is 0 Å². The lowest BCUT2D eigenvalue weighted by Gasteiger charge is -2.40. The molecular formula is C13H22F3NO. The van der Waals surface area contributed by atoms with E-state index in [4.69, 9.17) is 0 Å². The van der Waals surface area contributed by atoms with Crippen LogP contribution >= 0.6 is 0 Å². The van der Waals surface area contributed by atoms with Crippen molar-refractivity contribution in [3.8, 4) is 0 Å². The van der Waals surface area contributed by atoms with Crippen molar-refractivity contribution in [3.05, 3.63) is 0 Å². The maximum absolute atomic E-state index is 12.1. The molecule has 0 bridgehead atoms. The second-order valence-electron chi connectivity index (χ2n) is 5.73. The predicted octanol–water partition coefficient (Wildman–Crippen LogP) is 3.41. The fourth-order valence-electron chi connectivity index (χ4n) is 2.37. The van der Waals surface area contributed by atoms with Crippen molar-refractivity contribution in [2.45, 2.75) is 58.7 Å². The van der Waals surface area contributed by atoms with E-state index in [-0.39, 0.29) is 12.2 Å². The van der Waals surface area contributed by atoms with Gasteiger partial charge in [0.05, 0.1) is 6.42 Å². The van der Waals surface area contributed by atoms with Crippen LogP contribution < -0.4 is 0 Å². The molecule has 1 aliphatic rings. The first kappa shape index (κ1) is 15.5. The third kappa shape index (κ3) is 4.26. The topological polar surface area (TPSA) is 20.3 Å². The lowest BCUT2D eigenvalue weighted by atomic mass is 9.75. The van der Waals surface area contributed by atoms with Gasteiger partial charge < -0.3 is 4.90 Å². The van der Waals surface area contributed by atoms with E-state index in [0.29, 0.717) is 18.9 Å². The van der Waals surface area contributed by atoms with Gasteiger partial charge in [-0.15, -0.1) is 0 Å². The number of likely N-dealkylation sites (tertiary alicyclic amines) is 1. The Morgan fingerprint density at radius 1 is 1.28 bits per heavy atom. The Morgan fingerprint density at radius 2 is 1.78 bits per heavy atom. The molecule has 0 aromatic rings. The number of alkyl halides is 3. The van der Waals surface area contributed by atoms with Gasteiger partial charge in [0.2, 0.25) is 0 Å². The molecule has 2 nitrogen and oxygen atoms in total. The standard InChI is InChI=1S/C13H22F3NO/c1-10(2)17-8-6-12(3,7-9-17)11(18)4-5-13(14,15)16/h10H,4-9H2,1-3H3. The van der Waals surface area contributed by atoms with Gasteiger partial charge in [-0.3, -0.25) is 4.79 Å². The third-order valence-corrected chi connectivity index (χ3v) is 3.94. The van der Waals surface area contributed by atoms with Gasteiger partial charge in [-0.25, -0.2) is 0 Å². The maximum atomic E-state index is 12.1. The van der Waals surface area contributed by atoms with E-state index in [1.807, 2.05) is 6.92 Å². The molecule has 1 fully saturated rings. The molecule has 106 valence electrons. The zero-order chi connectivity index (χ0) is 14.0. The molecule has 0 spiro atoms. The van der Waals surface area contributed by atoms with E-state index in [1.165, 1.54) is 0 Å². The molecule has 1 aliphatic heterocycles. The predicted molar refractivity (Wildman–Crippen MR) is 64.3 cm³/mol. The largest absolute Gasteiger partial charge is 0.389 e. The zero-order valence-corrected chi connectivity index (χ0v) is 11.3. The van der Waals surface area contributed by atoms with Crippen LogP contribution in [-0.4, -0.2) is 36.0 Å². The highest BCUT2D eigenvalue weighted by atomic mass is 19.4. The van der Waals surface area contributed by atoms with Gasteiger partial charge in [-0.2, -0.15) is 13.2 Å². The summed E-state index contributed by atoms with van der Waals surface area (Å²) in [6, 6.07) is 0.430. The van der Waals surface area contributed by atoms with Crippen LogP contribution in [0, 0.1) is 5.41 Å². The summed E-state index contributed by atoms with van der Waals surface area (Å²) < 4.78 is 36.3. The summed E-state index contributed by atoms with van der Waals surface area (Å²) in [5, 5.41) is 0. The normalized spacial score (nSPS) is 21.3. The molecule has 1 rings (SSSR count). The summed E-state index contributed by atoms with van der Waals surface area (Å²) in [5.74, 6) is -0.233. The minimum Gasteiger partial charge on any atom is -0.301 e. The van der Waals surface area contributed by atoms with E-state index in [9.17, 15) is 18.0 Å². The first-order chi connectivity index (χ1) is 8.14. The molecule has 0 atom stereocenters. The van der Waals surface area contributed by atoms with Crippen LogP contribution in [0.5, 0.6) is 0 Å². The van der Waals surface area contributed by atoms with Gasteiger partial charge in [0.1, 0.15) is 5.78 Å². The zero-order valence-electron chi connectivity index (χ0n) is 11.3. The number of piperidine rings is 1. The summed E-state index contributed by atoms with van der Waals surface area (Å²) >= 11 is 0. The highest BCUT2D eigenvalue weighted by Gasteiger charge is 2.38. The Bertz CT molecular complexity index is 291. The summed E-state index contributed by atoms with van der Waals surface area (Å²) in [6.07, 6.45) is -4.26. The number of rotatable bonds is 4. The second-order valence-corrected chi connectivity index (χ2v) is 5.73. The Balaban J connectivity index is 2.48. The Labute approximate surface area is 107 Å². The average Bonchev–Trinajstić information content (AvgIpc) is 2.25. The Hall–Kier alpha value is -0.580. The number of carbonyl (C=O) groups is 1. The number of carbonyl (C=O) groups excluding carboxylic acids is 1. The van der Waals surface area contributed by atoms with Crippen molar-refractivity contribution < 1.29 is 18.0 Å².